The highest BCUT2D eigenvalue weighted by Crippen LogP contribution is 2.24. The van der Waals surface area contributed by atoms with Crippen molar-refractivity contribution in [3.8, 4) is 5.75 Å². The third-order valence-corrected chi connectivity index (χ3v) is 6.20. The molecule has 3 aromatic rings. The van der Waals surface area contributed by atoms with Crippen LogP contribution in [0.4, 0.5) is 16.2 Å². The van der Waals surface area contributed by atoms with Crippen LogP contribution in [0.3, 0.4) is 0 Å². The van der Waals surface area contributed by atoms with Crippen LogP contribution in [-0.2, 0) is 14.4 Å². The van der Waals surface area contributed by atoms with Crippen LogP contribution in [0.1, 0.15) is 27.8 Å². The number of nitrogens with zero attached hydrogens (tertiary/aromatic N) is 1. The Balaban J connectivity index is 1.43. The van der Waals surface area contributed by atoms with Crippen LogP contribution in [0.25, 0.3) is 6.08 Å². The van der Waals surface area contributed by atoms with Gasteiger partial charge in [0.1, 0.15) is 11.3 Å². The van der Waals surface area contributed by atoms with Gasteiger partial charge in [-0.25, -0.2) is 9.69 Å². The average molecular weight is 498 g/mol. The number of amides is 5. The van der Waals surface area contributed by atoms with Crippen LogP contribution >= 0.6 is 0 Å². The second-order valence-electron chi connectivity index (χ2n) is 8.93. The van der Waals surface area contributed by atoms with Gasteiger partial charge in [0, 0.05) is 5.69 Å². The number of hydrogen-bond donors (Lipinski definition) is 2. The van der Waals surface area contributed by atoms with Crippen LogP contribution in [-0.4, -0.2) is 30.4 Å². The number of benzene rings is 3. The second-order valence-corrected chi connectivity index (χ2v) is 8.93. The summed E-state index contributed by atoms with van der Waals surface area (Å²) >= 11 is 0. The van der Waals surface area contributed by atoms with Crippen molar-refractivity contribution in [3.05, 3.63) is 94.1 Å². The fourth-order valence-corrected chi connectivity index (χ4v) is 3.75. The molecular weight excluding hydrogens is 470 g/mol. The van der Waals surface area contributed by atoms with Gasteiger partial charge >= 0.3 is 6.03 Å². The average Bonchev–Trinajstić information content (AvgIpc) is 2.85. The molecule has 188 valence electrons. The molecule has 37 heavy (non-hydrogen) atoms. The molecule has 0 bridgehead atoms. The molecule has 1 saturated heterocycles. The van der Waals surface area contributed by atoms with Crippen LogP contribution in [0.15, 0.2) is 66.2 Å². The van der Waals surface area contributed by atoms with Crippen LogP contribution in [0.2, 0.25) is 0 Å². The van der Waals surface area contributed by atoms with Gasteiger partial charge in [0.05, 0.1) is 5.69 Å². The molecule has 8 nitrogen and oxygen atoms in total. The summed E-state index contributed by atoms with van der Waals surface area (Å²) in [5, 5.41) is 5.02. The molecule has 0 aromatic heterocycles. The van der Waals surface area contributed by atoms with Gasteiger partial charge in [0.2, 0.25) is 0 Å². The summed E-state index contributed by atoms with van der Waals surface area (Å²) in [6.45, 7) is 7.60. The number of hydrogen-bond acceptors (Lipinski definition) is 5. The minimum Gasteiger partial charge on any atom is -0.484 e. The van der Waals surface area contributed by atoms with Gasteiger partial charge in [0.25, 0.3) is 17.7 Å². The normalized spacial score (nSPS) is 14.5. The van der Waals surface area contributed by atoms with E-state index in [4.69, 9.17) is 4.74 Å². The largest absolute Gasteiger partial charge is 0.484 e. The van der Waals surface area contributed by atoms with Crippen LogP contribution in [0.5, 0.6) is 5.75 Å². The first-order chi connectivity index (χ1) is 17.6. The van der Waals surface area contributed by atoms with Crippen molar-refractivity contribution in [2.75, 3.05) is 16.8 Å². The molecule has 1 aliphatic rings. The molecule has 3 aromatic carbocycles. The molecule has 0 saturated carbocycles. The Morgan fingerprint density at radius 2 is 1.51 bits per heavy atom. The number of carbonyl (C=O) groups is 4. The number of barbiturate groups is 1. The minimum absolute atomic E-state index is 0.167. The highest BCUT2D eigenvalue weighted by atomic mass is 16.5. The summed E-state index contributed by atoms with van der Waals surface area (Å²) in [5.41, 5.74) is 5.62. The number of carbonyl (C=O) groups excluding carboxylic acids is 4. The number of aryl methyl sites for hydroxylation is 4. The highest BCUT2D eigenvalue weighted by Gasteiger charge is 2.36. The topological polar surface area (TPSA) is 105 Å². The Labute approximate surface area is 214 Å². The van der Waals surface area contributed by atoms with Crippen LogP contribution < -0.4 is 20.3 Å². The molecule has 5 amide bonds. The predicted octanol–water partition coefficient (Wildman–Crippen LogP) is 4.60. The number of ether oxygens (including phenoxy) is 1. The van der Waals surface area contributed by atoms with E-state index in [2.05, 4.69) is 10.6 Å². The molecule has 0 atom stereocenters. The van der Waals surface area contributed by atoms with Crippen molar-refractivity contribution >= 4 is 41.2 Å². The minimum atomic E-state index is -0.793. The van der Waals surface area contributed by atoms with Crippen molar-refractivity contribution in [1.29, 1.82) is 0 Å². The molecule has 0 spiro atoms. The fraction of sp³-hybridized carbons (Fsp3) is 0.172. The summed E-state index contributed by atoms with van der Waals surface area (Å²) in [4.78, 5) is 51.1. The predicted molar refractivity (Wildman–Crippen MR) is 141 cm³/mol. The molecule has 1 heterocycles. The Morgan fingerprint density at radius 1 is 0.865 bits per heavy atom. The SMILES string of the molecule is Cc1ccc(NC(=O)COc2ccc(/C=C3/C(=O)NC(=O)N(c4ccc(C)c(C)c4)C3=O)cc2)cc1C. The van der Waals surface area contributed by atoms with Crippen molar-refractivity contribution in [2.45, 2.75) is 27.7 Å². The van der Waals surface area contributed by atoms with Gasteiger partial charge in [0.15, 0.2) is 6.61 Å². The molecule has 0 unspecified atom stereocenters. The monoisotopic (exact) mass is 497 g/mol. The smallest absolute Gasteiger partial charge is 0.335 e. The maximum atomic E-state index is 13.1. The summed E-state index contributed by atoms with van der Waals surface area (Å²) in [6.07, 6.45) is 1.41. The third kappa shape index (κ3) is 5.75. The van der Waals surface area contributed by atoms with Gasteiger partial charge < -0.3 is 10.1 Å². The fourth-order valence-electron chi connectivity index (χ4n) is 3.75. The van der Waals surface area contributed by atoms with E-state index in [0.717, 1.165) is 27.2 Å². The molecule has 8 heteroatoms. The third-order valence-electron chi connectivity index (χ3n) is 6.20. The van der Waals surface area contributed by atoms with Gasteiger partial charge in [-0.1, -0.05) is 24.3 Å². The first-order valence-electron chi connectivity index (χ1n) is 11.7. The molecular formula is C29H27N3O5. The zero-order valence-electron chi connectivity index (χ0n) is 21.0. The first-order valence-corrected chi connectivity index (χ1v) is 11.7. The zero-order chi connectivity index (χ0) is 26.7. The van der Waals surface area contributed by atoms with Gasteiger partial charge in [-0.15, -0.1) is 0 Å². The zero-order valence-corrected chi connectivity index (χ0v) is 21.0. The first kappa shape index (κ1) is 25.4. The standard InChI is InChI=1S/C29H27N3O5/c1-17-5-9-22(13-19(17)3)30-26(33)16-37-24-11-7-21(8-12-24)15-25-27(34)31-29(36)32(28(25)35)23-10-6-18(2)20(4)14-23/h5-15H,16H2,1-4H3,(H,30,33)(H,31,34,36)/b25-15-. The molecule has 1 aliphatic heterocycles. The van der Waals surface area contributed by atoms with E-state index in [1.54, 1.807) is 36.4 Å². The maximum absolute atomic E-state index is 13.1. The van der Waals surface area contributed by atoms with Crippen molar-refractivity contribution < 1.29 is 23.9 Å². The summed E-state index contributed by atoms with van der Waals surface area (Å²) in [6, 6.07) is 16.6. The number of nitrogens with one attached hydrogen (secondary N) is 2. The quantitative estimate of drug-likeness (QED) is 0.382. The molecule has 2 N–H and O–H groups in total. The summed E-state index contributed by atoms with van der Waals surface area (Å²) in [5.74, 6) is -1.32. The van der Waals surface area contributed by atoms with Crippen LogP contribution in [0, 0.1) is 27.7 Å². The van der Waals surface area contributed by atoms with Crippen molar-refractivity contribution in [1.82, 2.24) is 5.32 Å². The molecule has 1 fully saturated rings. The Hall–Kier alpha value is -4.72. The molecule has 0 aliphatic carbocycles. The lowest BCUT2D eigenvalue weighted by Gasteiger charge is -2.26. The van der Waals surface area contributed by atoms with E-state index in [1.165, 1.54) is 6.08 Å². The number of urea groups is 1. The second kappa shape index (κ2) is 10.5. The van der Waals surface area contributed by atoms with Gasteiger partial charge in [-0.05, 0) is 98.0 Å². The van der Waals surface area contributed by atoms with Gasteiger partial charge in [-0.3, -0.25) is 19.7 Å². The Morgan fingerprint density at radius 3 is 2.16 bits per heavy atom. The van der Waals surface area contributed by atoms with E-state index in [9.17, 15) is 19.2 Å². The summed E-state index contributed by atoms with van der Waals surface area (Å²) < 4.78 is 5.56. The van der Waals surface area contributed by atoms with Crippen molar-refractivity contribution in [2.24, 2.45) is 0 Å². The number of anilines is 2. The van der Waals surface area contributed by atoms with E-state index < -0.39 is 17.8 Å². The summed E-state index contributed by atoms with van der Waals surface area (Å²) in [7, 11) is 0. The van der Waals surface area contributed by atoms with E-state index >= 15 is 0 Å². The number of rotatable bonds is 6. The van der Waals surface area contributed by atoms with E-state index in [0.29, 0.717) is 22.7 Å². The van der Waals surface area contributed by atoms with E-state index in [-0.39, 0.29) is 18.1 Å². The molecule has 0 radical (unpaired) electrons. The Bertz CT molecular complexity index is 1440. The van der Waals surface area contributed by atoms with E-state index in [1.807, 2.05) is 52.0 Å². The van der Waals surface area contributed by atoms with Gasteiger partial charge in [-0.2, -0.15) is 0 Å². The Kier molecular flexibility index (Phi) is 7.20. The van der Waals surface area contributed by atoms with Crippen molar-refractivity contribution in [3.63, 3.8) is 0 Å². The lowest BCUT2D eigenvalue weighted by atomic mass is 10.1. The maximum Gasteiger partial charge on any atom is 0.335 e. The number of imide groups is 2. The lowest BCUT2D eigenvalue weighted by Crippen LogP contribution is -2.54. The highest BCUT2D eigenvalue weighted by molar-refractivity contribution is 6.39. The lowest BCUT2D eigenvalue weighted by molar-refractivity contribution is -0.122. The molecule has 4 rings (SSSR count).